The first-order chi connectivity index (χ1) is 16.9. The van der Waals surface area contributed by atoms with Crippen molar-refractivity contribution < 1.29 is 9.18 Å². The van der Waals surface area contributed by atoms with Gasteiger partial charge < -0.3 is 10.2 Å². The first kappa shape index (κ1) is 22.9. The fourth-order valence-electron chi connectivity index (χ4n) is 6.32. The highest BCUT2D eigenvalue weighted by Gasteiger charge is 2.55. The molecule has 3 aliphatic rings. The van der Waals surface area contributed by atoms with Gasteiger partial charge in [0.25, 0.3) is 0 Å². The molecule has 2 aliphatic carbocycles. The normalized spacial score (nSPS) is 26.3. The number of amides is 1. The van der Waals surface area contributed by atoms with Crippen LogP contribution in [0.25, 0.3) is 0 Å². The van der Waals surface area contributed by atoms with Crippen molar-refractivity contribution in [3.05, 3.63) is 74.5 Å². The number of carbonyl (C=O) groups excluding carboxylic acids is 1. The van der Waals surface area contributed by atoms with Crippen LogP contribution < -0.4 is 15.1 Å². The molecule has 2 aromatic carbocycles. The van der Waals surface area contributed by atoms with Crippen LogP contribution in [0.5, 0.6) is 0 Å². The van der Waals surface area contributed by atoms with Gasteiger partial charge in [0, 0.05) is 41.5 Å². The number of benzene rings is 2. The van der Waals surface area contributed by atoms with Crippen LogP contribution in [0.3, 0.4) is 0 Å². The third-order valence-electron chi connectivity index (χ3n) is 7.89. The number of carbonyl (C=O) groups is 1. The summed E-state index contributed by atoms with van der Waals surface area (Å²) in [5.74, 6) is 1.49. The second-order valence-electron chi connectivity index (χ2n) is 10.1. The van der Waals surface area contributed by atoms with E-state index in [-0.39, 0.29) is 29.1 Å². The van der Waals surface area contributed by atoms with Crippen LogP contribution in [-0.4, -0.2) is 29.8 Å². The van der Waals surface area contributed by atoms with Crippen LogP contribution >= 0.6 is 23.1 Å². The number of thiazole rings is 1. The number of nitrogens with zero attached hydrogens (tertiary/aromatic N) is 2. The van der Waals surface area contributed by atoms with Crippen LogP contribution in [0.2, 0.25) is 0 Å². The molecule has 5 nitrogen and oxygen atoms in total. The molecule has 1 aromatic heterocycles. The van der Waals surface area contributed by atoms with Gasteiger partial charge in [-0.05, 0) is 79.0 Å². The molecule has 4 unspecified atom stereocenters. The van der Waals surface area contributed by atoms with Crippen molar-refractivity contribution in [2.24, 2.45) is 17.8 Å². The second kappa shape index (κ2) is 8.82. The summed E-state index contributed by atoms with van der Waals surface area (Å²) in [6, 6.07) is 14.4. The van der Waals surface area contributed by atoms with Gasteiger partial charge in [-0.3, -0.25) is 14.2 Å². The molecule has 3 aromatic rings. The maximum Gasteiger partial charge on any atom is 0.308 e. The monoisotopic (exact) mass is 509 g/mol. The zero-order valence-electron chi connectivity index (χ0n) is 19.7. The summed E-state index contributed by atoms with van der Waals surface area (Å²) in [5.41, 5.74) is 2.95. The van der Waals surface area contributed by atoms with E-state index in [2.05, 4.69) is 34.5 Å². The SMILES string of the molecule is CN(C)c1ccc([C@@H]2c3sc(=O)n(CC(=O)Nc4ccc(F)cc4)c3SC3C4CCC(C4)C32)cc1. The number of fused-ring (bicyclic) bond motifs is 6. The van der Waals surface area contributed by atoms with E-state index in [9.17, 15) is 14.0 Å². The van der Waals surface area contributed by atoms with Gasteiger partial charge in [-0.25, -0.2) is 4.39 Å². The molecule has 0 saturated heterocycles. The molecule has 1 aliphatic heterocycles. The molecule has 182 valence electrons. The van der Waals surface area contributed by atoms with Crippen molar-refractivity contribution in [3.63, 3.8) is 0 Å². The van der Waals surface area contributed by atoms with E-state index in [1.54, 1.807) is 4.57 Å². The molecule has 2 bridgehead atoms. The Bertz CT molecular complexity index is 1320. The van der Waals surface area contributed by atoms with Crippen LogP contribution in [0, 0.1) is 23.6 Å². The molecule has 5 atom stereocenters. The fourth-order valence-corrected chi connectivity index (χ4v) is 9.47. The smallest absolute Gasteiger partial charge is 0.308 e. The van der Waals surface area contributed by atoms with Crippen molar-refractivity contribution in [2.75, 3.05) is 24.3 Å². The predicted octanol–water partition coefficient (Wildman–Crippen LogP) is 5.41. The van der Waals surface area contributed by atoms with E-state index in [1.165, 1.54) is 60.4 Å². The Hall–Kier alpha value is -2.58. The van der Waals surface area contributed by atoms with Gasteiger partial charge in [0.15, 0.2) is 0 Å². The maximum atomic E-state index is 13.2. The van der Waals surface area contributed by atoms with Crippen LogP contribution in [0.4, 0.5) is 15.8 Å². The van der Waals surface area contributed by atoms with Gasteiger partial charge in [-0.2, -0.15) is 0 Å². The van der Waals surface area contributed by atoms with E-state index in [0.717, 1.165) is 15.6 Å². The van der Waals surface area contributed by atoms with Crippen LogP contribution in [-0.2, 0) is 11.3 Å². The van der Waals surface area contributed by atoms with E-state index in [4.69, 9.17) is 0 Å². The highest BCUT2D eigenvalue weighted by atomic mass is 32.2. The summed E-state index contributed by atoms with van der Waals surface area (Å²) in [5, 5.41) is 4.25. The highest BCUT2D eigenvalue weighted by molar-refractivity contribution is 8.00. The molecule has 8 heteroatoms. The van der Waals surface area contributed by atoms with E-state index < -0.39 is 0 Å². The minimum absolute atomic E-state index is 0.0349. The minimum atomic E-state index is -0.354. The molecule has 1 N–H and O–H groups in total. The Labute approximate surface area is 212 Å². The lowest BCUT2D eigenvalue weighted by Crippen LogP contribution is -2.34. The molecule has 2 saturated carbocycles. The summed E-state index contributed by atoms with van der Waals surface area (Å²) in [7, 11) is 4.08. The van der Waals surface area contributed by atoms with Gasteiger partial charge in [0.05, 0.1) is 5.03 Å². The zero-order chi connectivity index (χ0) is 24.3. The Morgan fingerprint density at radius 3 is 2.51 bits per heavy atom. The number of thioether (sulfide) groups is 1. The second-order valence-corrected chi connectivity index (χ2v) is 12.3. The largest absolute Gasteiger partial charge is 0.378 e. The topological polar surface area (TPSA) is 54.3 Å². The van der Waals surface area contributed by atoms with Gasteiger partial charge >= 0.3 is 4.87 Å². The molecule has 6 rings (SSSR count). The highest BCUT2D eigenvalue weighted by Crippen LogP contribution is 2.64. The zero-order valence-corrected chi connectivity index (χ0v) is 21.4. The summed E-state index contributed by atoms with van der Waals surface area (Å²) >= 11 is 3.13. The summed E-state index contributed by atoms with van der Waals surface area (Å²) < 4.78 is 14.9. The van der Waals surface area contributed by atoms with E-state index in [0.29, 0.717) is 28.7 Å². The number of halogens is 1. The summed E-state index contributed by atoms with van der Waals surface area (Å²) in [6.45, 7) is -0.0349. The third kappa shape index (κ3) is 4.00. The van der Waals surface area contributed by atoms with E-state index in [1.807, 2.05) is 25.9 Å². The first-order valence-electron chi connectivity index (χ1n) is 12.1. The molecule has 1 amide bonds. The van der Waals surface area contributed by atoms with Crippen molar-refractivity contribution >= 4 is 40.4 Å². The number of anilines is 2. The summed E-state index contributed by atoms with van der Waals surface area (Å²) in [4.78, 5) is 29.2. The van der Waals surface area contributed by atoms with Gasteiger partial charge in [0.2, 0.25) is 5.91 Å². The van der Waals surface area contributed by atoms with Crippen LogP contribution in [0.1, 0.15) is 35.6 Å². The molecule has 2 heterocycles. The first-order valence-corrected chi connectivity index (χ1v) is 13.8. The minimum Gasteiger partial charge on any atom is -0.378 e. The molecular weight excluding hydrogens is 481 g/mol. The van der Waals surface area contributed by atoms with Gasteiger partial charge in [0.1, 0.15) is 12.4 Å². The van der Waals surface area contributed by atoms with E-state index >= 15 is 0 Å². The number of hydrogen-bond donors (Lipinski definition) is 1. The summed E-state index contributed by atoms with van der Waals surface area (Å²) in [6.07, 6.45) is 3.82. The Morgan fingerprint density at radius 1 is 1.09 bits per heavy atom. The number of nitrogens with one attached hydrogen (secondary N) is 1. The Morgan fingerprint density at radius 2 is 1.80 bits per heavy atom. The lowest BCUT2D eigenvalue weighted by molar-refractivity contribution is -0.116. The molecule has 0 radical (unpaired) electrons. The molecule has 0 spiro atoms. The number of hydrogen-bond acceptors (Lipinski definition) is 5. The van der Waals surface area contributed by atoms with Gasteiger partial charge in [-0.1, -0.05) is 23.5 Å². The molecule has 35 heavy (non-hydrogen) atoms. The maximum absolute atomic E-state index is 13.2. The van der Waals surface area contributed by atoms with Crippen molar-refractivity contribution in [1.82, 2.24) is 4.57 Å². The average Bonchev–Trinajstić information content (AvgIpc) is 3.54. The standard InChI is InChI=1S/C27H28FN3O2S2/c1-30(2)20-11-5-15(6-12-20)22-23-16-3-4-17(13-16)24(23)34-26-25(22)35-27(33)31(26)14-21(32)29-19-9-7-18(28)8-10-19/h5-12,16-17,22-24H,3-4,13-14H2,1-2H3,(H,29,32)/t16?,17?,22-,23?,24?/m0/s1. The third-order valence-corrected chi connectivity index (χ3v) is 10.7. The lowest BCUT2D eigenvalue weighted by atomic mass is 9.75. The van der Waals surface area contributed by atoms with Gasteiger partial charge in [-0.15, -0.1) is 11.8 Å². The Balaban J connectivity index is 1.35. The van der Waals surface area contributed by atoms with Crippen molar-refractivity contribution in [2.45, 2.75) is 42.0 Å². The lowest BCUT2D eigenvalue weighted by Gasteiger charge is -2.40. The number of rotatable bonds is 5. The van der Waals surface area contributed by atoms with Crippen molar-refractivity contribution in [3.8, 4) is 0 Å². The predicted molar refractivity (Wildman–Crippen MR) is 140 cm³/mol. The fraction of sp³-hybridized carbons (Fsp3) is 0.407. The van der Waals surface area contributed by atoms with Crippen molar-refractivity contribution in [1.29, 1.82) is 0 Å². The molecular formula is C27H28FN3O2S2. The Kier molecular flexibility index (Phi) is 5.76. The molecule has 2 fully saturated rings. The average molecular weight is 510 g/mol. The number of aromatic nitrogens is 1. The quantitative estimate of drug-likeness (QED) is 0.500. The van der Waals surface area contributed by atoms with Crippen LogP contribution in [0.15, 0.2) is 58.4 Å².